The fourth-order valence-electron chi connectivity index (χ4n) is 3.38. The van der Waals surface area contributed by atoms with Gasteiger partial charge < -0.3 is 4.74 Å². The third-order valence-corrected chi connectivity index (χ3v) is 4.43. The Bertz CT molecular complexity index is 748. The molecule has 104 valence electrons. The van der Waals surface area contributed by atoms with Crippen LogP contribution < -0.4 is 0 Å². The maximum absolute atomic E-state index is 12.7. The van der Waals surface area contributed by atoms with Crippen molar-refractivity contribution in [3.05, 3.63) is 70.8 Å². The summed E-state index contributed by atoms with van der Waals surface area (Å²) in [5.41, 5.74) is 3.31. The summed E-state index contributed by atoms with van der Waals surface area (Å²) in [6.07, 6.45) is 1.14. The van der Waals surface area contributed by atoms with E-state index in [0.717, 1.165) is 29.5 Å². The second-order valence-corrected chi connectivity index (χ2v) is 5.58. The van der Waals surface area contributed by atoms with Crippen molar-refractivity contribution in [3.8, 4) is 0 Å². The zero-order valence-corrected chi connectivity index (χ0v) is 11.4. The van der Waals surface area contributed by atoms with Gasteiger partial charge in [-0.05, 0) is 24.5 Å². The first-order chi connectivity index (χ1) is 10.3. The van der Waals surface area contributed by atoms with Gasteiger partial charge >= 0.3 is 5.97 Å². The van der Waals surface area contributed by atoms with Gasteiger partial charge in [0.15, 0.2) is 5.78 Å². The average molecular weight is 278 g/mol. The van der Waals surface area contributed by atoms with Crippen LogP contribution in [0.15, 0.2) is 48.5 Å². The van der Waals surface area contributed by atoms with Crippen LogP contribution >= 0.6 is 0 Å². The zero-order valence-electron chi connectivity index (χ0n) is 11.4. The summed E-state index contributed by atoms with van der Waals surface area (Å²) in [6.45, 7) is 0. The Morgan fingerprint density at radius 3 is 2.48 bits per heavy atom. The van der Waals surface area contributed by atoms with Crippen molar-refractivity contribution in [2.45, 2.75) is 18.9 Å². The molecule has 0 radical (unpaired) electrons. The van der Waals surface area contributed by atoms with Gasteiger partial charge in [-0.15, -0.1) is 0 Å². The van der Waals surface area contributed by atoms with Gasteiger partial charge in [0.1, 0.15) is 6.10 Å². The van der Waals surface area contributed by atoms with Crippen LogP contribution in [0.1, 0.15) is 44.4 Å². The van der Waals surface area contributed by atoms with Crippen LogP contribution in [-0.2, 0) is 11.2 Å². The van der Waals surface area contributed by atoms with E-state index in [4.69, 9.17) is 4.74 Å². The first kappa shape index (κ1) is 12.3. The maximum Gasteiger partial charge on any atom is 0.339 e. The molecule has 0 N–H and O–H groups in total. The molecule has 21 heavy (non-hydrogen) atoms. The van der Waals surface area contributed by atoms with E-state index < -0.39 is 6.10 Å². The van der Waals surface area contributed by atoms with E-state index in [0.29, 0.717) is 5.56 Å². The first-order valence-corrected chi connectivity index (χ1v) is 7.18. The normalized spacial score (nSPS) is 23.4. The predicted octanol–water partition coefficient (Wildman–Crippen LogP) is 3.34. The average Bonchev–Trinajstić information content (AvgIpc) is 2.86. The zero-order chi connectivity index (χ0) is 14.4. The fourth-order valence-corrected chi connectivity index (χ4v) is 3.38. The number of esters is 1. The van der Waals surface area contributed by atoms with Crippen molar-refractivity contribution < 1.29 is 14.3 Å². The van der Waals surface area contributed by atoms with E-state index in [1.165, 1.54) is 0 Å². The van der Waals surface area contributed by atoms with Crippen molar-refractivity contribution in [1.29, 1.82) is 0 Å². The number of aryl methyl sites for hydroxylation is 1. The molecule has 0 aromatic heterocycles. The highest BCUT2D eigenvalue weighted by Gasteiger charge is 2.41. The van der Waals surface area contributed by atoms with Crippen LogP contribution in [0, 0.1) is 5.92 Å². The lowest BCUT2D eigenvalue weighted by Gasteiger charge is -2.27. The number of rotatable bonds is 1. The van der Waals surface area contributed by atoms with Crippen LogP contribution in [0.3, 0.4) is 0 Å². The van der Waals surface area contributed by atoms with Gasteiger partial charge in [0.25, 0.3) is 0 Å². The minimum atomic E-state index is -0.436. The Balaban J connectivity index is 1.74. The Kier molecular flexibility index (Phi) is 2.67. The molecule has 2 aromatic carbocycles. The second-order valence-electron chi connectivity index (χ2n) is 5.58. The lowest BCUT2D eigenvalue weighted by Crippen LogP contribution is -2.28. The largest absolute Gasteiger partial charge is 0.453 e. The van der Waals surface area contributed by atoms with Crippen LogP contribution in [0.2, 0.25) is 0 Å². The molecule has 2 atom stereocenters. The molecule has 0 saturated carbocycles. The first-order valence-electron chi connectivity index (χ1n) is 7.18. The molecule has 0 fully saturated rings. The molecule has 0 saturated heterocycles. The highest BCUT2D eigenvalue weighted by atomic mass is 16.5. The predicted molar refractivity (Wildman–Crippen MR) is 77.2 cm³/mol. The highest BCUT2D eigenvalue weighted by Crippen LogP contribution is 2.41. The van der Waals surface area contributed by atoms with Gasteiger partial charge in [-0.2, -0.15) is 0 Å². The number of ketones is 1. The number of benzene rings is 2. The van der Waals surface area contributed by atoms with Gasteiger partial charge in [0.05, 0.1) is 11.5 Å². The molecule has 0 spiro atoms. The minimum absolute atomic E-state index is 0.0892. The summed E-state index contributed by atoms with van der Waals surface area (Å²) >= 11 is 0. The van der Waals surface area contributed by atoms with Crippen molar-refractivity contribution in [1.82, 2.24) is 0 Å². The van der Waals surface area contributed by atoms with Crippen LogP contribution in [0.4, 0.5) is 0 Å². The van der Waals surface area contributed by atoms with Crippen LogP contribution in [0.5, 0.6) is 0 Å². The molecule has 1 heterocycles. The van der Waals surface area contributed by atoms with Gasteiger partial charge in [-0.25, -0.2) is 4.79 Å². The third kappa shape index (κ3) is 1.81. The number of Topliss-reactive ketones (excluding diaryl/α,β-unsaturated/α-hetero) is 1. The van der Waals surface area contributed by atoms with E-state index in [9.17, 15) is 9.59 Å². The molecule has 4 rings (SSSR count). The van der Waals surface area contributed by atoms with Crippen molar-refractivity contribution in [3.63, 3.8) is 0 Å². The van der Waals surface area contributed by atoms with Crippen LogP contribution in [-0.4, -0.2) is 11.8 Å². The van der Waals surface area contributed by atoms with Crippen molar-refractivity contribution in [2.75, 3.05) is 0 Å². The summed E-state index contributed by atoms with van der Waals surface area (Å²) in [5, 5.41) is 0. The lowest BCUT2D eigenvalue weighted by molar-refractivity contribution is 0.0222. The maximum atomic E-state index is 12.7. The van der Waals surface area contributed by atoms with Gasteiger partial charge in [-0.3, -0.25) is 4.79 Å². The molecule has 2 aromatic rings. The Hall–Kier alpha value is -2.42. The molecule has 1 aliphatic heterocycles. The van der Waals surface area contributed by atoms with Crippen molar-refractivity contribution >= 4 is 11.8 Å². The Morgan fingerprint density at radius 1 is 0.905 bits per heavy atom. The van der Waals surface area contributed by atoms with Gasteiger partial charge in [0.2, 0.25) is 0 Å². The topological polar surface area (TPSA) is 43.4 Å². The number of cyclic esters (lactones) is 1. The molecular formula is C18H14O3. The number of fused-ring (bicyclic) bond motifs is 2. The van der Waals surface area contributed by atoms with E-state index >= 15 is 0 Å². The van der Waals surface area contributed by atoms with Gasteiger partial charge in [-0.1, -0.05) is 42.5 Å². The quantitative estimate of drug-likeness (QED) is 0.751. The Labute approximate surface area is 122 Å². The van der Waals surface area contributed by atoms with Crippen LogP contribution in [0.25, 0.3) is 0 Å². The fraction of sp³-hybridized carbons (Fsp3) is 0.222. The molecule has 3 heteroatoms. The Morgan fingerprint density at radius 2 is 1.62 bits per heavy atom. The standard InChI is InChI=1S/C18H14O3/c19-16-12-6-2-1-5-11(12)9-10-15(16)17-13-7-3-4-8-14(13)18(20)21-17/h1-8,15,17H,9-10H2/t15-,17-/m0/s1. The monoisotopic (exact) mass is 278 g/mol. The molecule has 3 nitrogen and oxygen atoms in total. The summed E-state index contributed by atoms with van der Waals surface area (Å²) in [6, 6.07) is 15.1. The molecule has 0 unspecified atom stereocenters. The third-order valence-electron chi connectivity index (χ3n) is 4.43. The number of carbonyl (C=O) groups is 2. The minimum Gasteiger partial charge on any atom is -0.453 e. The summed E-state index contributed by atoms with van der Waals surface area (Å²) in [5.74, 6) is -0.499. The second kappa shape index (κ2) is 4.55. The van der Waals surface area contributed by atoms with E-state index in [1.54, 1.807) is 6.07 Å². The number of hydrogen-bond donors (Lipinski definition) is 0. The van der Waals surface area contributed by atoms with E-state index in [1.807, 2.05) is 42.5 Å². The molecule has 2 aliphatic rings. The smallest absolute Gasteiger partial charge is 0.339 e. The SMILES string of the molecule is O=C1O[C@H]([C@H]2CCc3ccccc3C2=O)c2ccccc21. The van der Waals surface area contributed by atoms with E-state index in [2.05, 4.69) is 0 Å². The summed E-state index contributed by atoms with van der Waals surface area (Å²) in [7, 11) is 0. The molecule has 1 aliphatic carbocycles. The highest BCUT2D eigenvalue weighted by molar-refractivity contribution is 6.02. The summed E-state index contributed by atoms with van der Waals surface area (Å²) in [4.78, 5) is 24.7. The van der Waals surface area contributed by atoms with E-state index in [-0.39, 0.29) is 17.7 Å². The van der Waals surface area contributed by atoms with Crippen molar-refractivity contribution in [2.24, 2.45) is 5.92 Å². The molecule has 0 amide bonds. The lowest BCUT2D eigenvalue weighted by atomic mass is 9.78. The van der Waals surface area contributed by atoms with Gasteiger partial charge in [0, 0.05) is 11.1 Å². The molecule has 0 bridgehead atoms. The summed E-state index contributed by atoms with van der Waals surface area (Å²) < 4.78 is 5.50. The number of carbonyl (C=O) groups excluding carboxylic acids is 2. The number of ether oxygens (including phenoxy) is 1. The molecular weight excluding hydrogens is 264 g/mol. The number of hydrogen-bond acceptors (Lipinski definition) is 3.